The summed E-state index contributed by atoms with van der Waals surface area (Å²) in [6, 6.07) is 0. The van der Waals surface area contributed by atoms with Crippen LogP contribution in [0.5, 0.6) is 0 Å². The van der Waals surface area contributed by atoms with Crippen LogP contribution in [0.2, 0.25) is 0 Å². The van der Waals surface area contributed by atoms with Gasteiger partial charge in [0.25, 0.3) is 0 Å². The van der Waals surface area contributed by atoms with Crippen molar-refractivity contribution in [3.63, 3.8) is 0 Å². The Bertz CT molecular complexity index is 980. The number of hydrogen-bond acceptors (Lipinski definition) is 6. The van der Waals surface area contributed by atoms with Gasteiger partial charge in [-0.3, -0.25) is 14.4 Å². The van der Waals surface area contributed by atoms with Crippen molar-refractivity contribution in [2.75, 3.05) is 6.61 Å². The van der Waals surface area contributed by atoms with Crippen molar-refractivity contribution in [1.82, 2.24) is 0 Å². The highest BCUT2D eigenvalue weighted by Crippen LogP contribution is 2.74. The molecule has 4 aliphatic carbocycles. The zero-order valence-electron chi connectivity index (χ0n) is 20.9. The van der Waals surface area contributed by atoms with Gasteiger partial charge in [0.1, 0.15) is 10.9 Å². The molecule has 0 spiro atoms. The minimum atomic E-state index is -1.83. The lowest BCUT2D eigenvalue weighted by molar-refractivity contribution is -0.220. The average molecular weight is 493 g/mol. The van der Waals surface area contributed by atoms with Gasteiger partial charge in [0.2, 0.25) is 0 Å². The Morgan fingerprint density at radius 1 is 1.18 bits per heavy atom. The molecule has 1 heterocycles. The third-order valence-electron chi connectivity index (χ3n) is 11.1. The van der Waals surface area contributed by atoms with E-state index >= 15 is 4.39 Å². The van der Waals surface area contributed by atoms with Gasteiger partial charge in [-0.2, -0.15) is 0 Å². The maximum Gasteiger partial charge on any atom is 0.319 e. The summed E-state index contributed by atoms with van der Waals surface area (Å²) in [7, 11) is 0. The van der Waals surface area contributed by atoms with Crippen molar-refractivity contribution in [2.45, 2.75) is 90.2 Å². The third-order valence-corrected chi connectivity index (χ3v) is 12.4. The number of allylic oxidation sites excluding steroid dienone is 1. The molecule has 0 aromatic carbocycles. The van der Waals surface area contributed by atoms with E-state index in [1.807, 2.05) is 13.8 Å². The molecule has 10 atom stereocenters. The highest BCUT2D eigenvalue weighted by molar-refractivity contribution is 8.14. The first-order valence-electron chi connectivity index (χ1n) is 12.8. The van der Waals surface area contributed by atoms with Crippen LogP contribution < -0.4 is 0 Å². The fourth-order valence-corrected chi connectivity index (χ4v) is 10.1. The van der Waals surface area contributed by atoms with Crippen molar-refractivity contribution in [2.24, 2.45) is 39.9 Å². The number of ether oxygens (including phenoxy) is 1. The highest BCUT2D eigenvalue weighted by Gasteiger charge is 2.75. The molecule has 1 aliphatic heterocycles. The molecule has 1 saturated heterocycles. The quantitative estimate of drug-likeness (QED) is 0.565. The van der Waals surface area contributed by atoms with Crippen LogP contribution in [0.3, 0.4) is 0 Å². The fraction of sp³-hybridized carbons (Fsp3) is 0.815. The van der Waals surface area contributed by atoms with Gasteiger partial charge in [0.05, 0.1) is 12.7 Å². The lowest BCUT2D eigenvalue weighted by Crippen LogP contribution is -2.69. The summed E-state index contributed by atoms with van der Waals surface area (Å²) in [5.74, 6) is -0.669. The van der Waals surface area contributed by atoms with Crippen molar-refractivity contribution in [1.29, 1.82) is 0 Å². The summed E-state index contributed by atoms with van der Waals surface area (Å²) in [5, 5.41) is 11.1. The van der Waals surface area contributed by atoms with Gasteiger partial charge in [0, 0.05) is 29.6 Å². The molecule has 0 radical (unpaired) electrons. The second kappa shape index (κ2) is 7.64. The first-order valence-corrected chi connectivity index (χ1v) is 13.7. The van der Waals surface area contributed by atoms with E-state index in [2.05, 4.69) is 20.8 Å². The molecule has 0 aromatic heterocycles. The van der Waals surface area contributed by atoms with Gasteiger partial charge in [-0.25, -0.2) is 4.39 Å². The van der Waals surface area contributed by atoms with Gasteiger partial charge < -0.3 is 9.84 Å². The first-order chi connectivity index (χ1) is 15.8. The fourth-order valence-electron chi connectivity index (χ4n) is 8.80. The molecule has 0 amide bonds. The zero-order chi connectivity index (χ0) is 24.8. The largest absolute Gasteiger partial charge is 0.465 e. The number of esters is 1. The number of fused-ring (bicyclic) bond motifs is 5. The Morgan fingerprint density at radius 3 is 2.53 bits per heavy atom. The maximum absolute atomic E-state index is 17.4. The van der Waals surface area contributed by atoms with E-state index in [1.54, 1.807) is 6.08 Å². The number of carbonyl (C=O) groups is 3. The number of carbonyl (C=O) groups excluding carboxylic acids is 3. The van der Waals surface area contributed by atoms with Crippen molar-refractivity contribution >= 4 is 28.6 Å². The van der Waals surface area contributed by atoms with E-state index in [0.717, 1.165) is 23.8 Å². The van der Waals surface area contributed by atoms with Gasteiger partial charge in [-0.1, -0.05) is 52.0 Å². The molecule has 4 fully saturated rings. The molecule has 0 aromatic rings. The number of halogens is 1. The van der Waals surface area contributed by atoms with E-state index < -0.39 is 33.3 Å². The Balaban J connectivity index is 1.54. The molecule has 1 N–H and O–H groups in total. The molecule has 3 saturated carbocycles. The summed E-state index contributed by atoms with van der Waals surface area (Å²) in [4.78, 5) is 38.1. The number of cyclic esters (lactones) is 1. The highest BCUT2D eigenvalue weighted by atomic mass is 32.2. The molecule has 7 heteroatoms. The predicted molar refractivity (Wildman–Crippen MR) is 128 cm³/mol. The second-order valence-electron chi connectivity index (χ2n) is 12.3. The topological polar surface area (TPSA) is 80.7 Å². The van der Waals surface area contributed by atoms with E-state index in [9.17, 15) is 19.5 Å². The molecule has 5 nitrogen and oxygen atoms in total. The Kier molecular flexibility index (Phi) is 5.50. The molecular formula is C27H37FO5S. The SMILES string of the molecule is C[C@@H]1CC2C3C[C@H](C)C4=CC(=O)CC[C@]4(C)[C@@]3(F)[C@@H](O)C[C@]2(C)[C@@]1(C)C(=O)S[C@H]1CCOC1=O. The Labute approximate surface area is 205 Å². The normalized spacial score (nSPS) is 52.4. The van der Waals surface area contributed by atoms with Crippen LogP contribution in [0.25, 0.3) is 0 Å². The van der Waals surface area contributed by atoms with Crippen LogP contribution in [0.15, 0.2) is 11.6 Å². The molecule has 5 rings (SSSR count). The standard InChI is InChI=1S/C27H37FO5S/c1-14-10-19-18-11-15(2)26(5,23(32)34-20-7-9-33-22(20)31)25(18,4)13-21(30)27(19,28)24(3)8-6-16(29)12-17(14)24/h12,14-15,18-21,30H,6-11,13H2,1-5H3/t14-,15+,18?,19?,20-,21-,24-,25-,26+,27-/m0/s1. The predicted octanol–water partition coefficient (Wildman–Crippen LogP) is 4.65. The number of hydrogen-bond donors (Lipinski definition) is 1. The summed E-state index contributed by atoms with van der Waals surface area (Å²) in [6.07, 6.45) is 3.18. The molecule has 0 bridgehead atoms. The van der Waals surface area contributed by atoms with Crippen LogP contribution >= 0.6 is 11.8 Å². The van der Waals surface area contributed by atoms with Crippen LogP contribution in [0.4, 0.5) is 4.39 Å². The molecular weight excluding hydrogens is 455 g/mol. The lowest BCUT2D eigenvalue weighted by atomic mass is 9.42. The Morgan fingerprint density at radius 2 is 1.88 bits per heavy atom. The summed E-state index contributed by atoms with van der Waals surface area (Å²) in [5.41, 5.74) is -3.22. The average Bonchev–Trinajstić information content (AvgIpc) is 3.26. The van der Waals surface area contributed by atoms with E-state index in [4.69, 9.17) is 4.74 Å². The van der Waals surface area contributed by atoms with Gasteiger partial charge >= 0.3 is 5.97 Å². The number of alkyl halides is 1. The monoisotopic (exact) mass is 492 g/mol. The maximum atomic E-state index is 17.4. The van der Waals surface area contributed by atoms with Crippen molar-refractivity contribution < 1.29 is 28.6 Å². The summed E-state index contributed by atoms with van der Waals surface area (Å²) in [6.45, 7) is 10.4. The van der Waals surface area contributed by atoms with Crippen molar-refractivity contribution in [3.05, 3.63) is 11.6 Å². The van der Waals surface area contributed by atoms with E-state index in [1.165, 1.54) is 0 Å². The summed E-state index contributed by atoms with van der Waals surface area (Å²) >= 11 is 1.08. The van der Waals surface area contributed by atoms with Crippen molar-refractivity contribution in [3.8, 4) is 0 Å². The second-order valence-corrected chi connectivity index (χ2v) is 13.5. The molecule has 2 unspecified atom stereocenters. The molecule has 188 valence electrons. The van der Waals surface area contributed by atoms with Crippen LogP contribution in [-0.4, -0.2) is 45.6 Å². The minimum Gasteiger partial charge on any atom is -0.465 e. The number of rotatable bonds is 2. The minimum absolute atomic E-state index is 0.00228. The number of thioether (sulfide) groups is 1. The van der Waals surface area contributed by atoms with Crippen LogP contribution in [0.1, 0.15) is 73.1 Å². The molecule has 5 aliphatic rings. The Hall–Kier alpha value is -1.21. The van der Waals surface area contributed by atoms with Gasteiger partial charge in [-0.15, -0.1) is 0 Å². The van der Waals surface area contributed by atoms with E-state index in [-0.39, 0.29) is 47.0 Å². The van der Waals surface area contributed by atoms with Crippen LogP contribution in [0, 0.1) is 39.9 Å². The first kappa shape index (κ1) is 24.5. The van der Waals surface area contributed by atoms with Crippen LogP contribution in [-0.2, 0) is 19.1 Å². The van der Waals surface area contributed by atoms with Gasteiger partial charge in [0.15, 0.2) is 10.9 Å². The number of ketones is 1. The lowest BCUT2D eigenvalue weighted by Gasteiger charge is -2.65. The smallest absolute Gasteiger partial charge is 0.319 e. The zero-order valence-corrected chi connectivity index (χ0v) is 21.7. The third kappa shape index (κ3) is 2.86. The molecule has 34 heavy (non-hydrogen) atoms. The number of aliphatic hydroxyl groups excluding tert-OH is 1. The summed E-state index contributed by atoms with van der Waals surface area (Å²) < 4.78 is 22.5. The van der Waals surface area contributed by atoms with E-state index in [0.29, 0.717) is 32.3 Å². The van der Waals surface area contributed by atoms with Gasteiger partial charge in [-0.05, 0) is 54.9 Å². The number of aliphatic hydroxyl groups is 1.